The van der Waals surface area contributed by atoms with Crippen molar-refractivity contribution < 1.29 is 18.9 Å². The molecular formula is C29H34N2O5. The van der Waals surface area contributed by atoms with Crippen LogP contribution in [0.2, 0.25) is 0 Å². The lowest BCUT2D eigenvalue weighted by atomic mass is 9.77. The van der Waals surface area contributed by atoms with Crippen LogP contribution in [0.3, 0.4) is 0 Å². The maximum absolute atomic E-state index is 13.3. The third kappa shape index (κ3) is 4.70. The fraction of sp³-hybridized carbons (Fsp3) is 0.483. The second kappa shape index (κ2) is 10.1. The second-order valence-electron chi connectivity index (χ2n) is 10.2. The summed E-state index contributed by atoms with van der Waals surface area (Å²) in [6.45, 7) is 5.32. The van der Waals surface area contributed by atoms with Gasteiger partial charge in [-0.2, -0.15) is 0 Å². The molecule has 2 aliphatic heterocycles. The summed E-state index contributed by atoms with van der Waals surface area (Å²) < 4.78 is 24.8. The molecule has 0 radical (unpaired) electrons. The van der Waals surface area contributed by atoms with Gasteiger partial charge in [-0.15, -0.1) is 0 Å². The van der Waals surface area contributed by atoms with Crippen LogP contribution in [0.15, 0.2) is 53.5 Å². The number of benzene rings is 2. The summed E-state index contributed by atoms with van der Waals surface area (Å²) in [6.07, 6.45) is 6.84. The molecule has 0 spiro atoms. The zero-order valence-electron chi connectivity index (χ0n) is 20.9. The Morgan fingerprint density at radius 1 is 0.972 bits per heavy atom. The minimum atomic E-state index is -0.0856. The van der Waals surface area contributed by atoms with Crippen molar-refractivity contribution in [3.63, 3.8) is 0 Å². The first kappa shape index (κ1) is 23.4. The van der Waals surface area contributed by atoms with Crippen molar-refractivity contribution in [3.05, 3.63) is 59.0 Å². The first-order chi connectivity index (χ1) is 17.7. The Kier molecular flexibility index (Phi) is 6.59. The largest absolute Gasteiger partial charge is 0.493 e. The maximum atomic E-state index is 13.3. The van der Waals surface area contributed by atoms with Gasteiger partial charge in [0, 0.05) is 43.9 Å². The van der Waals surface area contributed by atoms with Crippen molar-refractivity contribution in [3.8, 4) is 22.9 Å². The van der Waals surface area contributed by atoms with E-state index in [9.17, 15) is 4.79 Å². The summed E-state index contributed by atoms with van der Waals surface area (Å²) in [4.78, 5) is 15.8. The van der Waals surface area contributed by atoms with Crippen LogP contribution in [0.25, 0.3) is 16.5 Å². The summed E-state index contributed by atoms with van der Waals surface area (Å²) >= 11 is 0. The lowest BCUT2D eigenvalue weighted by Gasteiger charge is -2.28. The molecule has 3 heterocycles. The van der Waals surface area contributed by atoms with Gasteiger partial charge in [0.2, 0.25) is 0 Å². The lowest BCUT2D eigenvalue weighted by Crippen LogP contribution is -2.26. The van der Waals surface area contributed by atoms with E-state index in [4.69, 9.17) is 18.9 Å². The lowest BCUT2D eigenvalue weighted by molar-refractivity contribution is 0.0680. The standard InChI is InChI=1S/C29H34N2O5/c1-33-28-16-23(6-9-27(28)35-14-12-30-17-21-4-5-22(21)18-30)31-11-10-20-15-24(7-8-26(20)29(31)32)36-19-25-3-2-13-34-25/h6-11,15-16,21-22,25H,2-5,12-14,17-19H2,1H3/t21?,22?,25-/m0/s1. The van der Waals surface area contributed by atoms with Gasteiger partial charge in [-0.25, -0.2) is 0 Å². The van der Waals surface area contributed by atoms with Crippen LogP contribution in [0.5, 0.6) is 17.2 Å². The van der Waals surface area contributed by atoms with E-state index in [1.54, 1.807) is 17.9 Å². The average molecular weight is 491 g/mol. The highest BCUT2D eigenvalue weighted by atomic mass is 16.5. The molecule has 6 rings (SSSR count). The van der Waals surface area contributed by atoms with Gasteiger partial charge in [0.1, 0.15) is 19.0 Å². The van der Waals surface area contributed by atoms with E-state index in [-0.39, 0.29) is 11.7 Å². The molecule has 2 aromatic carbocycles. The van der Waals surface area contributed by atoms with Gasteiger partial charge in [-0.05, 0) is 79.3 Å². The smallest absolute Gasteiger partial charge is 0.262 e. The highest BCUT2D eigenvalue weighted by Gasteiger charge is 2.38. The molecule has 7 heteroatoms. The Bertz CT molecular complexity index is 1270. The molecule has 36 heavy (non-hydrogen) atoms. The number of hydrogen-bond donors (Lipinski definition) is 0. The van der Waals surface area contributed by atoms with Gasteiger partial charge < -0.3 is 18.9 Å². The number of pyridine rings is 1. The van der Waals surface area contributed by atoms with Crippen LogP contribution in [0.1, 0.15) is 25.7 Å². The number of hydrogen-bond acceptors (Lipinski definition) is 6. The molecule has 7 nitrogen and oxygen atoms in total. The minimum Gasteiger partial charge on any atom is -0.493 e. The van der Waals surface area contributed by atoms with Crippen LogP contribution < -0.4 is 19.8 Å². The van der Waals surface area contributed by atoms with Crippen molar-refractivity contribution in [2.45, 2.75) is 31.8 Å². The van der Waals surface area contributed by atoms with E-state index < -0.39 is 0 Å². The van der Waals surface area contributed by atoms with Gasteiger partial charge in [-0.3, -0.25) is 14.3 Å². The summed E-state index contributed by atoms with van der Waals surface area (Å²) in [7, 11) is 1.63. The summed E-state index contributed by atoms with van der Waals surface area (Å²) in [5.41, 5.74) is 0.651. The molecule has 1 aromatic heterocycles. The molecule has 0 amide bonds. The van der Waals surface area contributed by atoms with E-state index in [0.717, 1.165) is 54.7 Å². The number of ether oxygens (including phenoxy) is 4. The van der Waals surface area contributed by atoms with Gasteiger partial charge in [0.25, 0.3) is 5.56 Å². The summed E-state index contributed by atoms with van der Waals surface area (Å²) in [5, 5.41) is 1.49. The summed E-state index contributed by atoms with van der Waals surface area (Å²) in [5.74, 6) is 3.89. The molecule has 1 aliphatic carbocycles. The molecule has 3 aliphatic rings. The van der Waals surface area contributed by atoms with Crippen LogP contribution in [-0.4, -0.2) is 62.1 Å². The Hall–Kier alpha value is -3.03. The van der Waals surface area contributed by atoms with E-state index in [0.29, 0.717) is 30.1 Å². The monoisotopic (exact) mass is 490 g/mol. The van der Waals surface area contributed by atoms with Crippen LogP contribution in [0, 0.1) is 11.8 Å². The third-order valence-corrected chi connectivity index (χ3v) is 7.99. The van der Waals surface area contributed by atoms with E-state index >= 15 is 0 Å². The topological polar surface area (TPSA) is 62.2 Å². The Morgan fingerprint density at radius 2 is 1.83 bits per heavy atom. The molecule has 3 fully saturated rings. The number of aromatic nitrogens is 1. The zero-order valence-corrected chi connectivity index (χ0v) is 20.9. The SMILES string of the molecule is COc1cc(-n2ccc3cc(OC[C@@H]4CCCO4)ccc3c2=O)ccc1OCCN1CC2CCC2C1. The fourth-order valence-electron chi connectivity index (χ4n) is 5.73. The van der Waals surface area contributed by atoms with E-state index in [2.05, 4.69) is 4.90 Å². The Balaban J connectivity index is 1.14. The number of nitrogens with zero attached hydrogens (tertiary/aromatic N) is 2. The highest BCUT2D eigenvalue weighted by molar-refractivity contribution is 5.83. The van der Waals surface area contributed by atoms with Crippen molar-refractivity contribution in [1.82, 2.24) is 9.47 Å². The van der Waals surface area contributed by atoms with E-state index in [1.807, 2.05) is 42.5 Å². The third-order valence-electron chi connectivity index (χ3n) is 7.99. The summed E-state index contributed by atoms with van der Waals surface area (Å²) in [6, 6.07) is 13.2. The van der Waals surface area contributed by atoms with Crippen LogP contribution in [0.4, 0.5) is 0 Å². The molecule has 3 aromatic rings. The van der Waals surface area contributed by atoms with Crippen LogP contribution >= 0.6 is 0 Å². The fourth-order valence-corrected chi connectivity index (χ4v) is 5.73. The quantitative estimate of drug-likeness (QED) is 0.446. The van der Waals surface area contributed by atoms with Gasteiger partial charge in [0.15, 0.2) is 11.5 Å². The highest BCUT2D eigenvalue weighted by Crippen LogP contribution is 2.40. The molecule has 3 atom stereocenters. The van der Waals surface area contributed by atoms with E-state index in [1.165, 1.54) is 25.9 Å². The second-order valence-corrected chi connectivity index (χ2v) is 10.2. The molecular weight excluding hydrogens is 456 g/mol. The van der Waals surface area contributed by atoms with Gasteiger partial charge >= 0.3 is 0 Å². The number of methoxy groups -OCH3 is 1. The van der Waals surface area contributed by atoms with Crippen molar-refractivity contribution in [2.75, 3.05) is 46.6 Å². The average Bonchev–Trinajstić information content (AvgIpc) is 3.51. The molecule has 2 unspecified atom stereocenters. The Labute approximate surface area is 211 Å². The molecule has 1 saturated carbocycles. The van der Waals surface area contributed by atoms with Gasteiger partial charge in [0.05, 0.1) is 18.9 Å². The zero-order chi connectivity index (χ0) is 24.5. The van der Waals surface area contributed by atoms with Gasteiger partial charge in [-0.1, -0.05) is 0 Å². The first-order valence-corrected chi connectivity index (χ1v) is 13.1. The maximum Gasteiger partial charge on any atom is 0.262 e. The predicted octanol–water partition coefficient (Wildman–Crippen LogP) is 4.28. The van der Waals surface area contributed by atoms with Crippen molar-refractivity contribution in [2.24, 2.45) is 11.8 Å². The number of likely N-dealkylation sites (tertiary alicyclic amines) is 1. The normalized spacial score (nSPS) is 23.4. The van der Waals surface area contributed by atoms with Crippen LogP contribution in [-0.2, 0) is 4.74 Å². The number of fused-ring (bicyclic) bond motifs is 2. The molecule has 0 N–H and O–H groups in total. The Morgan fingerprint density at radius 3 is 2.58 bits per heavy atom. The van der Waals surface area contributed by atoms with Crippen molar-refractivity contribution in [1.29, 1.82) is 0 Å². The molecule has 0 bridgehead atoms. The molecule has 2 saturated heterocycles. The first-order valence-electron chi connectivity index (χ1n) is 13.1. The predicted molar refractivity (Wildman–Crippen MR) is 139 cm³/mol. The molecule has 190 valence electrons. The van der Waals surface area contributed by atoms with Crippen molar-refractivity contribution >= 4 is 10.8 Å². The minimum absolute atomic E-state index is 0.0856. The number of rotatable bonds is 9.